The maximum absolute atomic E-state index is 12.3. The summed E-state index contributed by atoms with van der Waals surface area (Å²) in [6, 6.07) is 0.0854. The van der Waals surface area contributed by atoms with E-state index >= 15 is 0 Å². The highest BCUT2D eigenvalue weighted by Gasteiger charge is 2.48. The summed E-state index contributed by atoms with van der Waals surface area (Å²) in [6.07, 6.45) is 6.76. The molecule has 5 nitrogen and oxygen atoms in total. The van der Waals surface area contributed by atoms with Crippen LogP contribution in [0.4, 0.5) is 0 Å². The summed E-state index contributed by atoms with van der Waals surface area (Å²) in [6.45, 7) is 3.03. The first kappa shape index (κ1) is 15.3. The minimum Gasteiger partial charge on any atom is -0.381 e. The van der Waals surface area contributed by atoms with Crippen molar-refractivity contribution in [3.05, 3.63) is 0 Å². The molecule has 4 unspecified atom stereocenters. The molecule has 4 atom stereocenters. The SMILES string of the molecule is NC1C2CCC(C2)C1C(=O)NCCCOC1CCOCC1. The Kier molecular flexibility index (Phi) is 5.14. The summed E-state index contributed by atoms with van der Waals surface area (Å²) >= 11 is 0. The summed E-state index contributed by atoms with van der Waals surface area (Å²) < 4.78 is 11.1. The molecular weight excluding hydrogens is 268 g/mol. The van der Waals surface area contributed by atoms with Crippen LogP contribution in [0.15, 0.2) is 0 Å². The van der Waals surface area contributed by atoms with E-state index in [-0.39, 0.29) is 17.9 Å². The molecule has 1 heterocycles. The molecule has 1 aliphatic heterocycles. The van der Waals surface area contributed by atoms with Gasteiger partial charge in [0, 0.05) is 32.4 Å². The Hall–Kier alpha value is -0.650. The van der Waals surface area contributed by atoms with E-state index in [1.807, 2.05) is 0 Å². The first-order valence-corrected chi connectivity index (χ1v) is 8.48. The predicted molar refractivity (Wildman–Crippen MR) is 79.7 cm³/mol. The molecule has 0 spiro atoms. The van der Waals surface area contributed by atoms with Crippen molar-refractivity contribution in [3.63, 3.8) is 0 Å². The number of rotatable bonds is 6. The van der Waals surface area contributed by atoms with Gasteiger partial charge >= 0.3 is 0 Å². The van der Waals surface area contributed by atoms with Crippen LogP contribution < -0.4 is 11.1 Å². The van der Waals surface area contributed by atoms with Crippen LogP contribution in [0.1, 0.15) is 38.5 Å². The van der Waals surface area contributed by atoms with Crippen LogP contribution in [0, 0.1) is 17.8 Å². The van der Waals surface area contributed by atoms with E-state index in [0.717, 1.165) is 38.9 Å². The van der Waals surface area contributed by atoms with Crippen LogP contribution in [-0.2, 0) is 14.3 Å². The standard InChI is InChI=1S/C16H28N2O3/c17-15-12-3-2-11(10-12)14(15)16(19)18-6-1-7-21-13-4-8-20-9-5-13/h11-15H,1-10,17H2,(H,18,19). The summed E-state index contributed by atoms with van der Waals surface area (Å²) in [5, 5.41) is 3.05. The number of amides is 1. The maximum Gasteiger partial charge on any atom is 0.224 e. The molecule has 3 fully saturated rings. The first-order chi connectivity index (χ1) is 10.3. The van der Waals surface area contributed by atoms with Crippen molar-refractivity contribution in [3.8, 4) is 0 Å². The quantitative estimate of drug-likeness (QED) is 0.719. The van der Waals surface area contributed by atoms with Gasteiger partial charge < -0.3 is 20.5 Å². The van der Waals surface area contributed by atoms with Crippen molar-refractivity contribution in [2.24, 2.45) is 23.5 Å². The Morgan fingerprint density at radius 2 is 1.95 bits per heavy atom. The van der Waals surface area contributed by atoms with Gasteiger partial charge in [-0.25, -0.2) is 0 Å². The average Bonchev–Trinajstić information content (AvgIpc) is 3.08. The Bertz CT molecular complexity index is 355. The van der Waals surface area contributed by atoms with Gasteiger partial charge in [0.1, 0.15) is 0 Å². The number of nitrogens with two attached hydrogens (primary N) is 1. The largest absolute Gasteiger partial charge is 0.381 e. The molecule has 120 valence electrons. The number of hydrogen-bond acceptors (Lipinski definition) is 4. The zero-order chi connectivity index (χ0) is 14.7. The monoisotopic (exact) mass is 296 g/mol. The fourth-order valence-corrected chi connectivity index (χ4v) is 4.22. The second-order valence-electron chi connectivity index (χ2n) is 6.76. The minimum absolute atomic E-state index is 0.0557. The van der Waals surface area contributed by atoms with Crippen molar-refractivity contribution in [2.45, 2.75) is 50.7 Å². The lowest BCUT2D eigenvalue weighted by Gasteiger charge is -2.27. The molecule has 2 aliphatic carbocycles. The third-order valence-corrected chi connectivity index (χ3v) is 5.43. The molecule has 1 amide bonds. The molecule has 0 aromatic heterocycles. The summed E-state index contributed by atoms with van der Waals surface area (Å²) in [4.78, 5) is 12.3. The highest BCUT2D eigenvalue weighted by Crippen LogP contribution is 2.47. The zero-order valence-corrected chi connectivity index (χ0v) is 12.8. The molecule has 3 N–H and O–H groups in total. The average molecular weight is 296 g/mol. The molecule has 21 heavy (non-hydrogen) atoms. The lowest BCUT2D eigenvalue weighted by Crippen LogP contribution is -2.45. The first-order valence-electron chi connectivity index (χ1n) is 8.48. The smallest absolute Gasteiger partial charge is 0.224 e. The van der Waals surface area contributed by atoms with Crippen LogP contribution in [0.2, 0.25) is 0 Å². The predicted octanol–water partition coefficient (Wildman–Crippen LogP) is 1.06. The van der Waals surface area contributed by atoms with Gasteiger partial charge in [0.05, 0.1) is 12.0 Å². The van der Waals surface area contributed by atoms with E-state index in [1.165, 1.54) is 12.8 Å². The third-order valence-electron chi connectivity index (χ3n) is 5.43. The van der Waals surface area contributed by atoms with Crippen LogP contribution in [-0.4, -0.2) is 44.4 Å². The Balaban J connectivity index is 1.29. The lowest BCUT2D eigenvalue weighted by atomic mass is 9.84. The van der Waals surface area contributed by atoms with Gasteiger partial charge in [-0.2, -0.15) is 0 Å². The normalized spacial score (nSPS) is 36.0. The summed E-state index contributed by atoms with van der Waals surface area (Å²) in [5.41, 5.74) is 6.20. The molecule has 3 aliphatic rings. The lowest BCUT2D eigenvalue weighted by molar-refractivity contribution is -0.127. The van der Waals surface area contributed by atoms with Gasteiger partial charge in [-0.05, 0) is 50.4 Å². The van der Waals surface area contributed by atoms with Gasteiger partial charge in [-0.1, -0.05) is 0 Å². The fourth-order valence-electron chi connectivity index (χ4n) is 4.22. The van der Waals surface area contributed by atoms with Crippen LogP contribution >= 0.6 is 0 Å². The van der Waals surface area contributed by atoms with Crippen LogP contribution in [0.25, 0.3) is 0 Å². The van der Waals surface area contributed by atoms with Gasteiger partial charge in [-0.3, -0.25) is 4.79 Å². The van der Waals surface area contributed by atoms with Crippen molar-refractivity contribution in [1.82, 2.24) is 5.32 Å². The van der Waals surface area contributed by atoms with Crippen molar-refractivity contribution in [1.29, 1.82) is 0 Å². The molecule has 3 rings (SSSR count). The number of ether oxygens (including phenoxy) is 2. The van der Waals surface area contributed by atoms with Gasteiger partial charge in [0.2, 0.25) is 5.91 Å². The Morgan fingerprint density at radius 1 is 1.19 bits per heavy atom. The Labute approximate surface area is 126 Å². The summed E-state index contributed by atoms with van der Waals surface area (Å²) in [5.74, 6) is 1.34. The van der Waals surface area contributed by atoms with Crippen molar-refractivity contribution in [2.75, 3.05) is 26.4 Å². The van der Waals surface area contributed by atoms with Crippen LogP contribution in [0.3, 0.4) is 0 Å². The van der Waals surface area contributed by atoms with Crippen LogP contribution in [0.5, 0.6) is 0 Å². The minimum atomic E-state index is 0.0557. The highest BCUT2D eigenvalue weighted by atomic mass is 16.5. The van der Waals surface area contributed by atoms with Crippen molar-refractivity contribution >= 4 is 5.91 Å². The van der Waals surface area contributed by atoms with Crippen molar-refractivity contribution < 1.29 is 14.3 Å². The topological polar surface area (TPSA) is 73.6 Å². The molecule has 1 saturated heterocycles. The molecule has 0 radical (unpaired) electrons. The number of carbonyl (C=O) groups excluding carboxylic acids is 1. The fraction of sp³-hybridized carbons (Fsp3) is 0.938. The van der Waals surface area contributed by atoms with Gasteiger partial charge in [0.25, 0.3) is 0 Å². The van der Waals surface area contributed by atoms with Gasteiger partial charge in [-0.15, -0.1) is 0 Å². The maximum atomic E-state index is 12.3. The molecular formula is C16H28N2O3. The molecule has 5 heteroatoms. The third kappa shape index (κ3) is 3.58. The molecule has 2 saturated carbocycles. The van der Waals surface area contributed by atoms with E-state index in [1.54, 1.807) is 0 Å². The number of carbonyl (C=O) groups is 1. The second-order valence-corrected chi connectivity index (χ2v) is 6.76. The second kappa shape index (κ2) is 7.07. The molecule has 0 aromatic rings. The zero-order valence-electron chi connectivity index (χ0n) is 12.8. The number of hydrogen-bond donors (Lipinski definition) is 2. The van der Waals surface area contributed by atoms with E-state index < -0.39 is 0 Å². The molecule has 0 aromatic carbocycles. The van der Waals surface area contributed by atoms with E-state index in [4.69, 9.17) is 15.2 Å². The molecule has 2 bridgehead atoms. The number of fused-ring (bicyclic) bond motifs is 2. The van der Waals surface area contributed by atoms with E-state index in [9.17, 15) is 4.79 Å². The van der Waals surface area contributed by atoms with E-state index in [0.29, 0.717) is 31.1 Å². The van der Waals surface area contributed by atoms with E-state index in [2.05, 4.69) is 5.32 Å². The summed E-state index contributed by atoms with van der Waals surface area (Å²) in [7, 11) is 0. The van der Waals surface area contributed by atoms with Gasteiger partial charge in [0.15, 0.2) is 0 Å². The Morgan fingerprint density at radius 3 is 2.67 bits per heavy atom. The number of nitrogens with one attached hydrogen (secondary N) is 1. The highest BCUT2D eigenvalue weighted by molar-refractivity contribution is 5.80.